The smallest absolute Gasteiger partial charge is 0.247 e. The van der Waals surface area contributed by atoms with Crippen molar-refractivity contribution >= 4 is 23.4 Å². The molecule has 0 radical (unpaired) electrons. The molecule has 1 aromatic rings. The Kier molecular flexibility index (Phi) is 2.04. The average molecular weight is 210 g/mol. The van der Waals surface area contributed by atoms with Gasteiger partial charge in [-0.2, -0.15) is 0 Å². The first-order chi connectivity index (χ1) is 6.52. The Morgan fingerprint density at radius 1 is 1.36 bits per heavy atom. The number of anilines is 1. The van der Waals surface area contributed by atoms with E-state index in [4.69, 9.17) is 11.8 Å². The molecule has 1 aliphatic rings. The Hall–Kier alpha value is -1.02. The van der Waals surface area contributed by atoms with Crippen LogP contribution >= 0.6 is 11.8 Å². The molecule has 0 aliphatic carbocycles. The van der Waals surface area contributed by atoms with Crippen molar-refractivity contribution in [1.29, 1.82) is 0 Å². The molecule has 0 unspecified atom stereocenters. The molecule has 14 heavy (non-hydrogen) atoms. The van der Waals surface area contributed by atoms with Gasteiger partial charge in [0.25, 0.3) is 0 Å². The first-order valence-corrected chi connectivity index (χ1v) is 4.94. The molecule has 0 saturated heterocycles. The largest absolute Gasteiger partial charge is 0.273 e. The predicted octanol–water partition coefficient (Wildman–Crippen LogP) is 2.76. The number of hydrogen-bond donors (Lipinski definition) is 0. The van der Waals surface area contributed by atoms with Crippen LogP contribution in [0.15, 0.2) is 24.3 Å². The van der Waals surface area contributed by atoms with Crippen molar-refractivity contribution in [3.63, 3.8) is 0 Å². The Balaban J connectivity index is 2.53. The number of amides is 1. The molecular weight excluding hydrogens is 198 g/mol. The van der Waals surface area contributed by atoms with E-state index in [-0.39, 0.29) is 5.91 Å². The van der Waals surface area contributed by atoms with Crippen LogP contribution < -0.4 is 4.42 Å². The molecule has 1 amide bonds. The molecule has 2 rings (SSSR count). The van der Waals surface area contributed by atoms with Gasteiger partial charge >= 0.3 is 0 Å². The van der Waals surface area contributed by atoms with E-state index >= 15 is 0 Å². The summed E-state index contributed by atoms with van der Waals surface area (Å²) in [5, 5.41) is 0. The lowest BCUT2D eigenvalue weighted by Crippen LogP contribution is -2.41. The van der Waals surface area contributed by atoms with Crippen molar-refractivity contribution in [2.24, 2.45) is 5.41 Å². The number of para-hydroxylation sites is 1. The molecule has 74 valence electrons. The van der Waals surface area contributed by atoms with Crippen molar-refractivity contribution < 1.29 is 4.79 Å². The highest BCUT2D eigenvalue weighted by Gasteiger charge is 2.38. The molecule has 2 nitrogen and oxygen atoms in total. The standard InChI is InChI=1S/C11H12ClNO/c1-11(2)7-8-5-3-4-6-9(8)13(12)10(11)14/h3-6H,7H2,1-2H3. The lowest BCUT2D eigenvalue weighted by molar-refractivity contribution is -0.125. The van der Waals surface area contributed by atoms with Crippen LogP contribution in [0.4, 0.5) is 5.69 Å². The van der Waals surface area contributed by atoms with Crippen molar-refractivity contribution in [3.05, 3.63) is 29.8 Å². The summed E-state index contributed by atoms with van der Waals surface area (Å²) in [6.45, 7) is 3.83. The van der Waals surface area contributed by atoms with Crippen molar-refractivity contribution in [2.75, 3.05) is 4.42 Å². The normalized spacial score (nSPS) is 19.4. The summed E-state index contributed by atoms with van der Waals surface area (Å²) in [6, 6.07) is 7.74. The fourth-order valence-corrected chi connectivity index (χ4v) is 2.17. The van der Waals surface area contributed by atoms with Gasteiger partial charge in [-0.05, 0) is 18.1 Å². The van der Waals surface area contributed by atoms with E-state index in [2.05, 4.69) is 0 Å². The maximum atomic E-state index is 11.8. The number of fused-ring (bicyclic) bond motifs is 1. The molecule has 1 aromatic carbocycles. The molecule has 0 spiro atoms. The van der Waals surface area contributed by atoms with Gasteiger partial charge in [-0.15, -0.1) is 0 Å². The van der Waals surface area contributed by atoms with Crippen molar-refractivity contribution in [1.82, 2.24) is 0 Å². The van der Waals surface area contributed by atoms with E-state index in [9.17, 15) is 4.79 Å². The Morgan fingerprint density at radius 2 is 2.00 bits per heavy atom. The van der Waals surface area contributed by atoms with E-state index in [1.807, 2.05) is 38.1 Å². The Labute approximate surface area is 88.6 Å². The minimum atomic E-state index is -0.393. The number of halogens is 1. The summed E-state index contributed by atoms with van der Waals surface area (Å²) in [7, 11) is 0. The van der Waals surface area contributed by atoms with Crippen molar-refractivity contribution in [3.8, 4) is 0 Å². The van der Waals surface area contributed by atoms with Crippen LogP contribution in [-0.2, 0) is 11.2 Å². The fourth-order valence-electron chi connectivity index (χ4n) is 1.78. The van der Waals surface area contributed by atoms with Crippen LogP contribution in [-0.4, -0.2) is 5.91 Å². The zero-order valence-corrected chi connectivity index (χ0v) is 9.01. The number of carbonyl (C=O) groups excluding carboxylic acids is 1. The van der Waals surface area contributed by atoms with Gasteiger partial charge in [-0.3, -0.25) is 4.79 Å². The number of benzene rings is 1. The molecule has 1 heterocycles. The topological polar surface area (TPSA) is 20.3 Å². The van der Waals surface area contributed by atoms with Gasteiger partial charge in [0.05, 0.1) is 5.69 Å². The van der Waals surface area contributed by atoms with Gasteiger partial charge in [-0.25, -0.2) is 4.42 Å². The van der Waals surface area contributed by atoms with Crippen LogP contribution in [0.3, 0.4) is 0 Å². The van der Waals surface area contributed by atoms with Crippen LogP contribution in [0.25, 0.3) is 0 Å². The Bertz CT molecular complexity index is 387. The number of carbonyl (C=O) groups is 1. The third-order valence-electron chi connectivity index (χ3n) is 2.59. The van der Waals surface area contributed by atoms with Gasteiger partial charge in [0.15, 0.2) is 0 Å². The quantitative estimate of drug-likeness (QED) is 0.602. The minimum Gasteiger partial charge on any atom is -0.273 e. The van der Waals surface area contributed by atoms with Crippen LogP contribution in [0.2, 0.25) is 0 Å². The van der Waals surface area contributed by atoms with Crippen LogP contribution in [0.5, 0.6) is 0 Å². The number of hydrogen-bond acceptors (Lipinski definition) is 1. The summed E-state index contributed by atoms with van der Waals surface area (Å²) in [4.78, 5) is 11.8. The zero-order chi connectivity index (χ0) is 10.3. The van der Waals surface area contributed by atoms with Gasteiger partial charge < -0.3 is 0 Å². The fraction of sp³-hybridized carbons (Fsp3) is 0.364. The maximum Gasteiger partial charge on any atom is 0.247 e. The van der Waals surface area contributed by atoms with E-state index in [1.165, 1.54) is 4.42 Å². The highest BCUT2D eigenvalue weighted by atomic mass is 35.5. The molecule has 0 saturated carbocycles. The monoisotopic (exact) mass is 209 g/mol. The van der Waals surface area contributed by atoms with E-state index < -0.39 is 5.41 Å². The van der Waals surface area contributed by atoms with Gasteiger partial charge in [0, 0.05) is 17.2 Å². The molecule has 0 bridgehead atoms. The molecule has 3 heteroatoms. The van der Waals surface area contributed by atoms with Crippen LogP contribution in [0.1, 0.15) is 19.4 Å². The maximum absolute atomic E-state index is 11.8. The molecule has 1 aliphatic heterocycles. The van der Waals surface area contributed by atoms with Gasteiger partial charge in [0.2, 0.25) is 5.91 Å². The van der Waals surface area contributed by atoms with Gasteiger partial charge in [0.1, 0.15) is 0 Å². The molecule has 0 atom stereocenters. The summed E-state index contributed by atoms with van der Waals surface area (Å²) in [5.41, 5.74) is 1.56. The number of rotatable bonds is 0. The SMILES string of the molecule is CC1(C)Cc2ccccc2N(Cl)C1=O. The third-order valence-corrected chi connectivity index (χ3v) is 2.93. The zero-order valence-electron chi connectivity index (χ0n) is 8.25. The summed E-state index contributed by atoms with van der Waals surface area (Å²) < 4.78 is 1.23. The Morgan fingerprint density at radius 3 is 2.71 bits per heavy atom. The van der Waals surface area contributed by atoms with E-state index in [0.717, 1.165) is 17.7 Å². The molecule has 0 N–H and O–H groups in total. The second-order valence-electron chi connectivity index (χ2n) is 4.28. The van der Waals surface area contributed by atoms with E-state index in [1.54, 1.807) is 0 Å². The number of nitrogens with zero attached hydrogens (tertiary/aromatic N) is 1. The minimum absolute atomic E-state index is 0.0298. The molecule has 0 fully saturated rings. The van der Waals surface area contributed by atoms with Crippen molar-refractivity contribution in [2.45, 2.75) is 20.3 Å². The lowest BCUT2D eigenvalue weighted by Gasteiger charge is -2.34. The molecular formula is C11H12ClNO. The predicted molar refractivity (Wildman–Crippen MR) is 57.3 cm³/mol. The summed E-state index contributed by atoms with van der Waals surface area (Å²) in [5.74, 6) is -0.0298. The summed E-state index contributed by atoms with van der Waals surface area (Å²) >= 11 is 5.97. The second-order valence-corrected chi connectivity index (χ2v) is 4.61. The van der Waals surface area contributed by atoms with Gasteiger partial charge in [-0.1, -0.05) is 32.0 Å². The summed E-state index contributed by atoms with van der Waals surface area (Å²) in [6.07, 6.45) is 0.755. The lowest BCUT2D eigenvalue weighted by atomic mass is 9.81. The van der Waals surface area contributed by atoms with Crippen LogP contribution in [0, 0.1) is 5.41 Å². The highest BCUT2D eigenvalue weighted by molar-refractivity contribution is 6.38. The first kappa shape index (κ1) is 9.53. The second kappa shape index (κ2) is 2.99. The van der Waals surface area contributed by atoms with E-state index in [0.29, 0.717) is 0 Å². The highest BCUT2D eigenvalue weighted by Crippen LogP contribution is 2.37. The average Bonchev–Trinajstić information content (AvgIpc) is 2.14. The third kappa shape index (κ3) is 1.30. The molecule has 0 aromatic heterocycles. The first-order valence-electron chi connectivity index (χ1n) is 4.60.